The van der Waals surface area contributed by atoms with E-state index in [1.165, 1.54) is 0 Å². The Morgan fingerprint density at radius 1 is 0.923 bits per heavy atom. The highest BCUT2D eigenvalue weighted by Gasteiger charge is 2.27. The molecule has 2 aromatic carbocycles. The van der Waals surface area contributed by atoms with Crippen LogP contribution in [0.3, 0.4) is 0 Å². The highest BCUT2D eigenvalue weighted by Crippen LogP contribution is 2.33. The van der Waals surface area contributed by atoms with Crippen molar-refractivity contribution >= 4 is 11.5 Å². The molecule has 2 N–H and O–H groups in total. The molecule has 0 spiro atoms. The van der Waals surface area contributed by atoms with E-state index in [2.05, 4.69) is 0 Å². The number of benzene rings is 2. The van der Waals surface area contributed by atoms with Gasteiger partial charge >= 0.3 is 0 Å². The number of furan rings is 1. The third-order valence-electron chi connectivity index (χ3n) is 4.43. The Bertz CT molecular complexity index is 1020. The van der Waals surface area contributed by atoms with E-state index in [4.69, 9.17) is 24.6 Å². The van der Waals surface area contributed by atoms with Crippen LogP contribution in [0.5, 0.6) is 11.5 Å². The fourth-order valence-corrected chi connectivity index (χ4v) is 3.05. The molecule has 0 aliphatic carbocycles. The molecule has 0 fully saturated rings. The molecule has 0 amide bonds. The fraction of sp³-hybridized carbons (Fsp3) is 0.150. The molecule has 4 rings (SSSR count). The molecule has 1 unspecified atom stereocenters. The molecule has 0 saturated carbocycles. The van der Waals surface area contributed by atoms with Gasteiger partial charge in [0, 0.05) is 5.69 Å². The van der Waals surface area contributed by atoms with Gasteiger partial charge in [-0.05, 0) is 48.0 Å². The van der Waals surface area contributed by atoms with Crippen molar-refractivity contribution in [2.24, 2.45) is 10.7 Å². The molecular weight excluding hydrogens is 330 g/mol. The van der Waals surface area contributed by atoms with E-state index < -0.39 is 0 Å². The standard InChI is InChI=1S/C20H19N3O3/c1-24-15-7-3-13(4-8-15)19-22-20-17(11-12-26-20)18(21)23(19)14-5-9-16(25-2)10-6-14/h3-12,19H,21H2,1-2H3. The lowest BCUT2D eigenvalue weighted by molar-refractivity contribution is 0.414. The van der Waals surface area contributed by atoms with E-state index >= 15 is 0 Å². The smallest absolute Gasteiger partial charge is 0.227 e. The van der Waals surface area contributed by atoms with Crippen LogP contribution in [0.4, 0.5) is 5.69 Å². The van der Waals surface area contributed by atoms with E-state index in [1.54, 1.807) is 20.5 Å². The van der Waals surface area contributed by atoms with Gasteiger partial charge in [-0.25, -0.2) is 4.99 Å². The van der Waals surface area contributed by atoms with Crippen molar-refractivity contribution in [3.05, 3.63) is 77.2 Å². The SMILES string of the molecule is COc1ccc(C2N=c3occc3=C(N)N2c2ccc(OC)cc2)cc1. The summed E-state index contributed by atoms with van der Waals surface area (Å²) in [5, 5.41) is 0.783. The van der Waals surface area contributed by atoms with Crippen LogP contribution in [0.1, 0.15) is 11.7 Å². The number of methoxy groups -OCH3 is 2. The summed E-state index contributed by atoms with van der Waals surface area (Å²) in [5.74, 6) is 2.16. The van der Waals surface area contributed by atoms with Crippen LogP contribution in [0, 0.1) is 0 Å². The summed E-state index contributed by atoms with van der Waals surface area (Å²) in [6.45, 7) is 0. The second-order valence-corrected chi connectivity index (χ2v) is 5.87. The zero-order chi connectivity index (χ0) is 18.1. The van der Waals surface area contributed by atoms with Gasteiger partial charge in [0.05, 0.1) is 25.7 Å². The van der Waals surface area contributed by atoms with Gasteiger partial charge in [-0.3, -0.25) is 0 Å². The predicted octanol–water partition coefficient (Wildman–Crippen LogP) is 2.16. The average molecular weight is 349 g/mol. The van der Waals surface area contributed by atoms with Crippen LogP contribution in [0.15, 0.2) is 70.3 Å². The van der Waals surface area contributed by atoms with E-state index in [9.17, 15) is 0 Å². The van der Waals surface area contributed by atoms with Crippen LogP contribution in [0.2, 0.25) is 0 Å². The summed E-state index contributed by atoms with van der Waals surface area (Å²) in [6.07, 6.45) is 1.26. The molecule has 0 bridgehead atoms. The summed E-state index contributed by atoms with van der Waals surface area (Å²) in [6, 6.07) is 17.3. The minimum atomic E-state index is -0.340. The number of hydrogen-bond acceptors (Lipinski definition) is 6. The molecule has 26 heavy (non-hydrogen) atoms. The maximum atomic E-state index is 6.49. The maximum absolute atomic E-state index is 6.49. The lowest BCUT2D eigenvalue weighted by Gasteiger charge is -2.32. The molecule has 2 heterocycles. The Hall–Kier alpha value is -3.41. The number of nitrogens with zero attached hydrogens (tertiary/aromatic N) is 2. The molecule has 1 aromatic heterocycles. The minimum Gasteiger partial charge on any atom is -0.497 e. The Morgan fingerprint density at radius 3 is 2.15 bits per heavy atom. The molecule has 1 aliphatic rings. The van der Waals surface area contributed by atoms with Crippen molar-refractivity contribution in [2.75, 3.05) is 19.1 Å². The van der Waals surface area contributed by atoms with Gasteiger partial charge in [0.15, 0.2) is 6.17 Å². The first kappa shape index (κ1) is 16.1. The fourth-order valence-electron chi connectivity index (χ4n) is 3.05. The zero-order valence-electron chi connectivity index (χ0n) is 14.5. The zero-order valence-corrected chi connectivity index (χ0v) is 14.5. The Labute approximate surface area is 150 Å². The number of anilines is 1. The van der Waals surface area contributed by atoms with Crippen LogP contribution in [-0.4, -0.2) is 14.2 Å². The van der Waals surface area contributed by atoms with Gasteiger partial charge in [0.1, 0.15) is 17.3 Å². The molecule has 6 heteroatoms. The van der Waals surface area contributed by atoms with Crippen LogP contribution in [0.25, 0.3) is 5.82 Å². The molecule has 0 saturated heterocycles. The molecule has 1 aliphatic heterocycles. The predicted molar refractivity (Wildman–Crippen MR) is 98.3 cm³/mol. The highest BCUT2D eigenvalue weighted by atomic mass is 16.5. The molecule has 1 atom stereocenters. The van der Waals surface area contributed by atoms with E-state index in [0.717, 1.165) is 28.0 Å². The summed E-state index contributed by atoms with van der Waals surface area (Å²) < 4.78 is 16.0. The van der Waals surface area contributed by atoms with Gasteiger partial charge < -0.3 is 24.5 Å². The van der Waals surface area contributed by atoms with Crippen LogP contribution in [-0.2, 0) is 0 Å². The molecule has 3 aromatic rings. The van der Waals surface area contributed by atoms with E-state index in [1.807, 2.05) is 59.5 Å². The van der Waals surface area contributed by atoms with Crippen molar-refractivity contribution in [3.8, 4) is 11.5 Å². The lowest BCUT2D eigenvalue weighted by Crippen LogP contribution is -2.43. The first-order valence-electron chi connectivity index (χ1n) is 8.19. The second kappa shape index (κ2) is 6.48. The summed E-state index contributed by atoms with van der Waals surface area (Å²) in [5.41, 5.74) is 8.92. The summed E-state index contributed by atoms with van der Waals surface area (Å²) in [7, 11) is 3.29. The van der Waals surface area contributed by atoms with E-state index in [0.29, 0.717) is 11.4 Å². The molecule has 0 radical (unpaired) electrons. The monoisotopic (exact) mass is 349 g/mol. The maximum Gasteiger partial charge on any atom is 0.227 e. The molecule has 132 valence electrons. The normalized spacial score (nSPS) is 16.0. The number of ether oxygens (including phenoxy) is 2. The number of hydrogen-bond donors (Lipinski definition) is 1. The first-order chi connectivity index (χ1) is 12.7. The Morgan fingerprint density at radius 2 is 1.54 bits per heavy atom. The summed E-state index contributed by atoms with van der Waals surface area (Å²) >= 11 is 0. The molecule has 6 nitrogen and oxygen atoms in total. The van der Waals surface area contributed by atoms with Gasteiger partial charge in [0.2, 0.25) is 5.55 Å². The topological polar surface area (TPSA) is 73.2 Å². The third-order valence-corrected chi connectivity index (χ3v) is 4.43. The number of rotatable bonds is 4. The van der Waals surface area contributed by atoms with Crippen LogP contribution >= 0.6 is 0 Å². The Balaban J connectivity index is 1.85. The lowest BCUT2D eigenvalue weighted by atomic mass is 10.1. The van der Waals surface area contributed by atoms with Crippen molar-refractivity contribution < 1.29 is 13.9 Å². The van der Waals surface area contributed by atoms with Crippen molar-refractivity contribution in [1.82, 2.24) is 0 Å². The van der Waals surface area contributed by atoms with Gasteiger partial charge in [-0.2, -0.15) is 0 Å². The van der Waals surface area contributed by atoms with Crippen LogP contribution < -0.4 is 30.9 Å². The minimum absolute atomic E-state index is 0.340. The third kappa shape index (κ3) is 2.65. The van der Waals surface area contributed by atoms with E-state index in [-0.39, 0.29) is 6.17 Å². The average Bonchev–Trinajstić information content (AvgIpc) is 3.17. The summed E-state index contributed by atoms with van der Waals surface area (Å²) in [4.78, 5) is 6.75. The largest absolute Gasteiger partial charge is 0.497 e. The van der Waals surface area contributed by atoms with Crippen molar-refractivity contribution in [1.29, 1.82) is 0 Å². The van der Waals surface area contributed by atoms with Crippen molar-refractivity contribution in [2.45, 2.75) is 6.17 Å². The van der Waals surface area contributed by atoms with Crippen molar-refractivity contribution in [3.63, 3.8) is 0 Å². The number of nitrogens with two attached hydrogens (primary N) is 1. The van der Waals surface area contributed by atoms with Gasteiger partial charge in [-0.1, -0.05) is 12.1 Å². The van der Waals surface area contributed by atoms with Gasteiger partial charge in [-0.15, -0.1) is 0 Å². The quantitative estimate of drug-likeness (QED) is 0.781. The van der Waals surface area contributed by atoms with Gasteiger partial charge in [0.25, 0.3) is 0 Å². The Kier molecular flexibility index (Phi) is 4.01. The second-order valence-electron chi connectivity index (χ2n) is 5.87. The number of fused-ring (bicyclic) bond motifs is 1. The first-order valence-corrected chi connectivity index (χ1v) is 8.19. The molecular formula is C20H19N3O3. The highest BCUT2D eigenvalue weighted by molar-refractivity contribution is 5.69.